The summed E-state index contributed by atoms with van der Waals surface area (Å²) in [4.78, 5) is 22.9. The monoisotopic (exact) mass is 479 g/mol. The van der Waals surface area contributed by atoms with Crippen molar-refractivity contribution in [1.82, 2.24) is 19.6 Å². The number of aromatic nitrogens is 2. The van der Waals surface area contributed by atoms with E-state index < -0.39 is 10.0 Å². The average molecular weight is 480 g/mol. The molecule has 1 fully saturated rings. The predicted octanol–water partition coefficient (Wildman–Crippen LogP) is 0.774. The number of hydrogen-bond acceptors (Lipinski definition) is 9. The third-order valence-corrected chi connectivity index (χ3v) is 7.22. The topological polar surface area (TPSA) is 123 Å². The van der Waals surface area contributed by atoms with Gasteiger partial charge in [0.25, 0.3) is 5.91 Å². The first kappa shape index (κ1) is 24.5. The van der Waals surface area contributed by atoms with Gasteiger partial charge in [0.1, 0.15) is 0 Å². The van der Waals surface area contributed by atoms with E-state index in [0.717, 1.165) is 0 Å². The van der Waals surface area contributed by atoms with E-state index in [1.54, 1.807) is 30.6 Å². The smallest absolute Gasteiger partial charge is 0.251 e. The number of nitrogens with zero attached hydrogens (tertiary/aromatic N) is 4. The lowest BCUT2D eigenvalue weighted by atomic mass is 10.1. The van der Waals surface area contributed by atoms with Crippen LogP contribution in [0.4, 0.5) is 5.95 Å². The molecule has 0 spiro atoms. The van der Waals surface area contributed by atoms with Crippen LogP contribution in [0, 0.1) is 0 Å². The number of rotatable bonds is 10. The highest BCUT2D eigenvalue weighted by Gasteiger charge is 2.27. The summed E-state index contributed by atoms with van der Waals surface area (Å²) in [7, 11) is 0.996. The highest BCUT2D eigenvalue weighted by Crippen LogP contribution is 2.38. The van der Waals surface area contributed by atoms with Gasteiger partial charge in [-0.25, -0.2) is 18.4 Å². The molecule has 1 aliphatic rings. The summed E-state index contributed by atoms with van der Waals surface area (Å²) in [6.07, 6.45) is 3.62. The van der Waals surface area contributed by atoms with Crippen LogP contribution in [0.5, 0.6) is 17.2 Å². The second kappa shape index (κ2) is 11.1. The van der Waals surface area contributed by atoms with Crippen LogP contribution in [0.25, 0.3) is 0 Å². The van der Waals surface area contributed by atoms with Gasteiger partial charge in [-0.05, 0) is 24.6 Å². The molecule has 1 aromatic carbocycles. The summed E-state index contributed by atoms with van der Waals surface area (Å²) in [6, 6.07) is 4.83. The van der Waals surface area contributed by atoms with E-state index in [1.165, 1.54) is 25.6 Å². The SMILES string of the molecule is COc1cc(C(=O)NCCCS(=O)(=O)N2CCN(c3ncccn3)CC2)cc(OC)c1OC. The number of piperazine rings is 1. The van der Waals surface area contributed by atoms with Crippen molar-refractivity contribution >= 4 is 21.9 Å². The fourth-order valence-electron chi connectivity index (χ4n) is 3.52. The van der Waals surface area contributed by atoms with Crippen molar-refractivity contribution in [3.63, 3.8) is 0 Å². The molecule has 1 N–H and O–H groups in total. The van der Waals surface area contributed by atoms with Gasteiger partial charge in [0.2, 0.25) is 21.7 Å². The average Bonchev–Trinajstić information content (AvgIpc) is 2.86. The van der Waals surface area contributed by atoms with Crippen molar-refractivity contribution in [2.24, 2.45) is 0 Å². The number of carbonyl (C=O) groups excluding carboxylic acids is 1. The largest absolute Gasteiger partial charge is 0.493 e. The molecule has 1 saturated heterocycles. The van der Waals surface area contributed by atoms with Gasteiger partial charge < -0.3 is 24.4 Å². The Morgan fingerprint density at radius 3 is 2.15 bits per heavy atom. The molecule has 1 aromatic heterocycles. The van der Waals surface area contributed by atoms with Gasteiger partial charge in [-0.2, -0.15) is 4.31 Å². The maximum atomic E-state index is 12.7. The third kappa shape index (κ3) is 6.02. The second-order valence-electron chi connectivity index (χ2n) is 7.27. The normalized spacial score (nSPS) is 14.6. The minimum absolute atomic E-state index is 0.0512. The summed E-state index contributed by atoms with van der Waals surface area (Å²) in [5, 5.41) is 2.74. The quantitative estimate of drug-likeness (QED) is 0.492. The van der Waals surface area contributed by atoms with Crippen LogP contribution in [0.15, 0.2) is 30.6 Å². The fourth-order valence-corrected chi connectivity index (χ4v) is 5.01. The predicted molar refractivity (Wildman–Crippen MR) is 123 cm³/mol. The van der Waals surface area contributed by atoms with Crippen LogP contribution >= 0.6 is 0 Å². The van der Waals surface area contributed by atoms with E-state index in [1.807, 2.05) is 4.90 Å². The van der Waals surface area contributed by atoms with E-state index in [9.17, 15) is 13.2 Å². The van der Waals surface area contributed by atoms with Gasteiger partial charge in [0.05, 0.1) is 27.1 Å². The number of anilines is 1. The first-order chi connectivity index (χ1) is 15.9. The maximum Gasteiger partial charge on any atom is 0.251 e. The summed E-state index contributed by atoms with van der Waals surface area (Å²) in [5.41, 5.74) is 0.326. The van der Waals surface area contributed by atoms with Gasteiger partial charge >= 0.3 is 0 Å². The molecule has 3 rings (SSSR count). The van der Waals surface area contributed by atoms with E-state index in [-0.39, 0.29) is 18.2 Å². The minimum atomic E-state index is -3.42. The molecule has 2 heterocycles. The standard InChI is InChI=1S/C21H29N5O6S/c1-30-17-14-16(15-18(31-2)19(17)32-3)20(27)22-8-5-13-33(28,29)26-11-9-25(10-12-26)21-23-6-4-7-24-21/h4,6-7,14-15H,5,8-13H2,1-3H3,(H,22,27). The Morgan fingerprint density at radius 2 is 1.61 bits per heavy atom. The van der Waals surface area contributed by atoms with Crippen molar-refractivity contribution in [3.05, 3.63) is 36.2 Å². The Morgan fingerprint density at radius 1 is 1.00 bits per heavy atom. The Hall–Kier alpha value is -3.12. The number of ether oxygens (including phenoxy) is 3. The van der Waals surface area contributed by atoms with Crippen molar-refractivity contribution < 1.29 is 27.4 Å². The molecule has 0 unspecified atom stereocenters. The molecule has 12 heteroatoms. The van der Waals surface area contributed by atoms with Crippen molar-refractivity contribution in [3.8, 4) is 17.2 Å². The van der Waals surface area contributed by atoms with E-state index in [0.29, 0.717) is 61.4 Å². The summed E-state index contributed by atoms with van der Waals surface area (Å²) < 4.78 is 42.7. The third-order valence-electron chi connectivity index (χ3n) is 5.26. The van der Waals surface area contributed by atoms with E-state index >= 15 is 0 Å². The molecule has 0 saturated carbocycles. The Balaban J connectivity index is 1.49. The highest BCUT2D eigenvalue weighted by molar-refractivity contribution is 7.89. The van der Waals surface area contributed by atoms with Crippen molar-refractivity contribution in [2.75, 3.05) is 64.7 Å². The molecule has 0 aliphatic carbocycles. The van der Waals surface area contributed by atoms with Gasteiger partial charge in [0.15, 0.2) is 11.5 Å². The second-order valence-corrected chi connectivity index (χ2v) is 9.36. The highest BCUT2D eigenvalue weighted by atomic mass is 32.2. The first-order valence-corrected chi connectivity index (χ1v) is 12.1. The van der Waals surface area contributed by atoms with Crippen LogP contribution in [0.2, 0.25) is 0 Å². The summed E-state index contributed by atoms with van der Waals surface area (Å²) >= 11 is 0. The van der Waals surface area contributed by atoms with Crippen LogP contribution in [0.1, 0.15) is 16.8 Å². The molecule has 11 nitrogen and oxygen atoms in total. The Kier molecular flexibility index (Phi) is 8.28. The number of amides is 1. The van der Waals surface area contributed by atoms with Gasteiger partial charge in [-0.15, -0.1) is 0 Å². The van der Waals surface area contributed by atoms with E-state index in [2.05, 4.69) is 15.3 Å². The lowest BCUT2D eigenvalue weighted by molar-refractivity contribution is 0.0952. The molecule has 0 atom stereocenters. The van der Waals surface area contributed by atoms with Gasteiger partial charge in [-0.3, -0.25) is 4.79 Å². The number of methoxy groups -OCH3 is 3. The fraction of sp³-hybridized carbons (Fsp3) is 0.476. The first-order valence-electron chi connectivity index (χ1n) is 10.5. The zero-order valence-corrected chi connectivity index (χ0v) is 19.8. The zero-order valence-electron chi connectivity index (χ0n) is 19.0. The van der Waals surface area contributed by atoms with E-state index in [4.69, 9.17) is 14.2 Å². The van der Waals surface area contributed by atoms with Gasteiger partial charge in [0, 0.05) is 50.7 Å². The molecule has 0 bridgehead atoms. The van der Waals surface area contributed by atoms with Crippen molar-refractivity contribution in [1.29, 1.82) is 0 Å². The van der Waals surface area contributed by atoms with Crippen LogP contribution in [-0.2, 0) is 10.0 Å². The summed E-state index contributed by atoms with van der Waals surface area (Å²) in [6.45, 7) is 2.02. The Bertz CT molecular complexity index is 1020. The zero-order chi connectivity index (χ0) is 23.8. The number of hydrogen-bond donors (Lipinski definition) is 1. The molecular formula is C21H29N5O6S. The lowest BCUT2D eigenvalue weighted by Crippen LogP contribution is -2.49. The van der Waals surface area contributed by atoms with Crippen LogP contribution < -0.4 is 24.4 Å². The molecule has 180 valence electrons. The molecule has 0 radical (unpaired) electrons. The molecule has 1 amide bonds. The molecular weight excluding hydrogens is 450 g/mol. The number of nitrogens with one attached hydrogen (secondary N) is 1. The maximum absolute atomic E-state index is 12.7. The minimum Gasteiger partial charge on any atom is -0.493 e. The van der Waals surface area contributed by atoms with Crippen LogP contribution in [-0.4, -0.2) is 88.4 Å². The number of sulfonamides is 1. The van der Waals surface area contributed by atoms with Crippen LogP contribution in [0.3, 0.4) is 0 Å². The molecule has 2 aromatic rings. The van der Waals surface area contributed by atoms with Gasteiger partial charge in [-0.1, -0.05) is 0 Å². The molecule has 1 aliphatic heterocycles. The summed E-state index contributed by atoms with van der Waals surface area (Å²) in [5.74, 6) is 1.31. The van der Waals surface area contributed by atoms with Crippen molar-refractivity contribution in [2.45, 2.75) is 6.42 Å². The number of carbonyl (C=O) groups is 1. The number of benzene rings is 1. The Labute approximate surface area is 193 Å². The lowest BCUT2D eigenvalue weighted by Gasteiger charge is -2.33. The molecule has 33 heavy (non-hydrogen) atoms.